The number of hydrogen-bond donors (Lipinski definition) is 1. The highest BCUT2D eigenvalue weighted by atomic mass is 32.1. The van der Waals surface area contributed by atoms with Gasteiger partial charge in [-0.1, -0.05) is 6.07 Å². The van der Waals surface area contributed by atoms with E-state index in [1.807, 2.05) is 11.3 Å². The zero-order valence-electron chi connectivity index (χ0n) is 13.3. The maximum Gasteiger partial charge on any atom is 0.0788 e. The highest BCUT2D eigenvalue weighted by Crippen LogP contribution is 2.41. The van der Waals surface area contributed by atoms with Gasteiger partial charge >= 0.3 is 0 Å². The van der Waals surface area contributed by atoms with Gasteiger partial charge < -0.3 is 15.4 Å². The summed E-state index contributed by atoms with van der Waals surface area (Å²) in [4.78, 5) is 3.83. The van der Waals surface area contributed by atoms with Crippen LogP contribution in [0.4, 0.5) is 0 Å². The van der Waals surface area contributed by atoms with Crippen molar-refractivity contribution in [2.75, 3.05) is 20.1 Å². The van der Waals surface area contributed by atoms with E-state index in [-0.39, 0.29) is 17.2 Å². The summed E-state index contributed by atoms with van der Waals surface area (Å²) in [5, 5.41) is 2.14. The normalized spacial score (nSPS) is 28.1. The van der Waals surface area contributed by atoms with Crippen molar-refractivity contribution in [3.63, 3.8) is 0 Å². The molecule has 0 aliphatic carbocycles. The minimum atomic E-state index is -0.233. The van der Waals surface area contributed by atoms with E-state index >= 15 is 0 Å². The highest BCUT2D eigenvalue weighted by molar-refractivity contribution is 7.09. The smallest absolute Gasteiger partial charge is 0.0788 e. The van der Waals surface area contributed by atoms with Gasteiger partial charge in [-0.15, -0.1) is 11.3 Å². The van der Waals surface area contributed by atoms with E-state index in [9.17, 15) is 0 Å². The van der Waals surface area contributed by atoms with Gasteiger partial charge in [-0.2, -0.15) is 0 Å². The van der Waals surface area contributed by atoms with Gasteiger partial charge in [0.25, 0.3) is 0 Å². The van der Waals surface area contributed by atoms with Crippen LogP contribution in [0.5, 0.6) is 0 Å². The molecular formula is C16H28N2OS. The molecule has 114 valence electrons. The van der Waals surface area contributed by atoms with Crippen molar-refractivity contribution in [1.29, 1.82) is 0 Å². The van der Waals surface area contributed by atoms with Crippen LogP contribution in [0, 0.1) is 5.92 Å². The van der Waals surface area contributed by atoms with E-state index < -0.39 is 0 Å². The average Bonchev–Trinajstić information content (AvgIpc) is 2.88. The maximum absolute atomic E-state index is 6.42. The van der Waals surface area contributed by atoms with Crippen LogP contribution in [0.2, 0.25) is 0 Å². The summed E-state index contributed by atoms with van der Waals surface area (Å²) >= 11 is 1.83. The van der Waals surface area contributed by atoms with Gasteiger partial charge in [0, 0.05) is 29.9 Å². The Balaban J connectivity index is 1.91. The Morgan fingerprint density at radius 3 is 2.50 bits per heavy atom. The molecule has 2 heterocycles. The summed E-state index contributed by atoms with van der Waals surface area (Å²) in [6.07, 6.45) is 1.11. The fourth-order valence-corrected chi connectivity index (χ4v) is 3.95. The molecule has 0 radical (unpaired) electrons. The van der Waals surface area contributed by atoms with Crippen LogP contribution in [0.3, 0.4) is 0 Å². The number of hydrogen-bond acceptors (Lipinski definition) is 4. The lowest BCUT2D eigenvalue weighted by molar-refractivity contribution is -0.0780. The summed E-state index contributed by atoms with van der Waals surface area (Å²) < 4.78 is 6.16. The molecule has 2 N–H and O–H groups in total. The third-order valence-electron chi connectivity index (χ3n) is 4.48. The van der Waals surface area contributed by atoms with Crippen molar-refractivity contribution >= 4 is 11.3 Å². The van der Waals surface area contributed by atoms with Gasteiger partial charge in [0.05, 0.1) is 11.2 Å². The van der Waals surface area contributed by atoms with Gasteiger partial charge in [-0.3, -0.25) is 0 Å². The number of rotatable bonds is 5. The summed E-state index contributed by atoms with van der Waals surface area (Å²) in [6.45, 7) is 10.6. The van der Waals surface area contributed by atoms with Gasteiger partial charge in [-0.05, 0) is 52.6 Å². The molecular weight excluding hydrogens is 268 g/mol. The highest BCUT2D eigenvalue weighted by Gasteiger charge is 2.52. The van der Waals surface area contributed by atoms with Gasteiger partial charge in [0.1, 0.15) is 0 Å². The predicted octanol–water partition coefficient (Wildman–Crippen LogP) is 2.75. The molecule has 1 aromatic rings. The van der Waals surface area contributed by atoms with Crippen molar-refractivity contribution < 1.29 is 4.74 Å². The van der Waals surface area contributed by atoms with Gasteiger partial charge in [0.2, 0.25) is 0 Å². The van der Waals surface area contributed by atoms with E-state index in [1.54, 1.807) is 0 Å². The largest absolute Gasteiger partial charge is 0.368 e. The molecule has 1 fully saturated rings. The molecule has 3 nitrogen and oxygen atoms in total. The molecule has 2 unspecified atom stereocenters. The maximum atomic E-state index is 6.42. The van der Waals surface area contributed by atoms with Crippen LogP contribution in [0.15, 0.2) is 17.5 Å². The number of nitrogens with two attached hydrogens (primary N) is 1. The van der Waals surface area contributed by atoms with Crippen LogP contribution in [0.25, 0.3) is 0 Å². The second-order valence-corrected chi connectivity index (χ2v) is 8.07. The lowest BCUT2D eigenvalue weighted by atomic mass is 9.83. The van der Waals surface area contributed by atoms with E-state index in [0.717, 1.165) is 19.5 Å². The van der Waals surface area contributed by atoms with Crippen LogP contribution in [0.1, 0.15) is 32.6 Å². The van der Waals surface area contributed by atoms with E-state index in [4.69, 9.17) is 10.5 Å². The summed E-state index contributed by atoms with van der Waals surface area (Å²) in [6, 6.07) is 4.41. The lowest BCUT2D eigenvalue weighted by Crippen LogP contribution is -2.47. The monoisotopic (exact) mass is 296 g/mol. The van der Waals surface area contributed by atoms with Gasteiger partial charge in [0.15, 0.2) is 0 Å². The fraction of sp³-hybridized carbons (Fsp3) is 0.750. The van der Waals surface area contributed by atoms with Crippen LogP contribution in [-0.2, 0) is 11.2 Å². The molecule has 0 saturated carbocycles. The number of nitrogens with zero attached hydrogens (tertiary/aromatic N) is 1. The molecule has 1 aliphatic rings. The quantitative estimate of drug-likeness (QED) is 0.908. The Kier molecular flexibility index (Phi) is 4.59. The summed E-state index contributed by atoms with van der Waals surface area (Å²) in [7, 11) is 2.18. The molecule has 0 bridgehead atoms. The lowest BCUT2D eigenvalue weighted by Gasteiger charge is -2.31. The first-order chi connectivity index (χ1) is 9.22. The molecule has 1 aliphatic heterocycles. The van der Waals surface area contributed by atoms with Crippen molar-refractivity contribution in [1.82, 2.24) is 4.90 Å². The van der Waals surface area contributed by atoms with Crippen LogP contribution in [-0.4, -0.2) is 42.3 Å². The molecule has 4 heteroatoms. The SMILES string of the molecule is CN(CCc1cccs1)CC1C(N)C(C)(C)OC1(C)C. The van der Waals surface area contributed by atoms with E-state index in [0.29, 0.717) is 5.92 Å². The number of ether oxygens (including phenoxy) is 1. The second kappa shape index (κ2) is 5.76. The Bertz CT molecular complexity index is 428. The third-order valence-corrected chi connectivity index (χ3v) is 5.42. The van der Waals surface area contributed by atoms with Crippen molar-refractivity contribution in [3.8, 4) is 0 Å². The molecule has 0 spiro atoms. The molecule has 1 aromatic heterocycles. The first kappa shape index (κ1) is 16.0. The molecule has 0 aromatic carbocycles. The number of likely N-dealkylation sites (N-methyl/N-ethyl adjacent to an activating group) is 1. The minimum absolute atomic E-state index is 0.0849. The summed E-state index contributed by atoms with van der Waals surface area (Å²) in [5.41, 5.74) is 6.04. The molecule has 20 heavy (non-hydrogen) atoms. The first-order valence-electron chi connectivity index (χ1n) is 7.39. The standard InChI is InChI=1S/C16H28N2OS/c1-15(2)13(14(17)16(3,4)19-15)11-18(5)9-8-12-7-6-10-20-12/h6-7,10,13-14H,8-9,11,17H2,1-5H3. The minimum Gasteiger partial charge on any atom is -0.368 e. The zero-order chi connectivity index (χ0) is 15.0. The van der Waals surface area contributed by atoms with Crippen molar-refractivity contribution in [2.45, 2.75) is 51.4 Å². The third kappa shape index (κ3) is 3.42. The Morgan fingerprint density at radius 1 is 1.30 bits per heavy atom. The average molecular weight is 296 g/mol. The second-order valence-electron chi connectivity index (χ2n) is 7.03. The molecule has 2 rings (SSSR count). The Morgan fingerprint density at radius 2 is 2.00 bits per heavy atom. The molecule has 0 amide bonds. The fourth-order valence-electron chi connectivity index (χ4n) is 3.25. The number of thiophene rings is 1. The van der Waals surface area contributed by atoms with Crippen molar-refractivity contribution in [2.24, 2.45) is 11.7 Å². The Hall–Kier alpha value is -0.420. The van der Waals surface area contributed by atoms with Crippen LogP contribution >= 0.6 is 11.3 Å². The first-order valence-corrected chi connectivity index (χ1v) is 8.27. The Labute approximate surface area is 127 Å². The zero-order valence-corrected chi connectivity index (χ0v) is 14.2. The van der Waals surface area contributed by atoms with E-state index in [2.05, 4.69) is 57.2 Å². The van der Waals surface area contributed by atoms with E-state index in [1.165, 1.54) is 4.88 Å². The van der Waals surface area contributed by atoms with Crippen molar-refractivity contribution in [3.05, 3.63) is 22.4 Å². The predicted molar refractivity (Wildman–Crippen MR) is 86.2 cm³/mol. The van der Waals surface area contributed by atoms with Gasteiger partial charge in [-0.25, -0.2) is 0 Å². The summed E-state index contributed by atoms with van der Waals surface area (Å²) in [5.74, 6) is 0.367. The van der Waals surface area contributed by atoms with Crippen LogP contribution < -0.4 is 5.73 Å². The molecule has 1 saturated heterocycles. The molecule has 2 atom stereocenters. The topological polar surface area (TPSA) is 38.5 Å².